The number of anilines is 1. The number of ether oxygens (including phenoxy) is 2. The second kappa shape index (κ2) is 6.75. The molecular formula is C21H21NO4. The Hall–Kier alpha value is -2.95. The van der Waals surface area contributed by atoms with Crippen LogP contribution >= 0.6 is 0 Å². The maximum absolute atomic E-state index is 12.5. The molecule has 134 valence electrons. The van der Waals surface area contributed by atoms with Crippen molar-refractivity contribution in [2.45, 2.75) is 26.7 Å². The molecule has 0 fully saturated rings. The van der Waals surface area contributed by atoms with Crippen LogP contribution in [0.4, 0.5) is 5.69 Å². The minimum Gasteiger partial charge on any atom is -0.490 e. The van der Waals surface area contributed by atoms with E-state index in [1.165, 1.54) is 11.1 Å². The van der Waals surface area contributed by atoms with Crippen molar-refractivity contribution < 1.29 is 18.7 Å². The van der Waals surface area contributed by atoms with Crippen molar-refractivity contribution in [3.05, 3.63) is 53.3 Å². The van der Waals surface area contributed by atoms with Gasteiger partial charge in [-0.1, -0.05) is 0 Å². The SMILES string of the molecule is Cc1cc2occ(CC(=O)Nc3ccc4c(c3)OCCCO4)c2cc1C. The van der Waals surface area contributed by atoms with Crippen molar-refractivity contribution in [2.75, 3.05) is 18.5 Å². The van der Waals surface area contributed by atoms with E-state index in [9.17, 15) is 4.79 Å². The van der Waals surface area contributed by atoms with Gasteiger partial charge in [0.25, 0.3) is 0 Å². The topological polar surface area (TPSA) is 60.7 Å². The molecule has 0 saturated carbocycles. The summed E-state index contributed by atoms with van der Waals surface area (Å²) in [4.78, 5) is 12.5. The molecule has 1 amide bonds. The van der Waals surface area contributed by atoms with Crippen LogP contribution in [0.2, 0.25) is 0 Å². The standard InChI is InChI=1S/C21H21NO4/c1-13-8-17-15(12-26-19(17)9-14(13)2)10-21(23)22-16-4-5-18-20(11-16)25-7-3-6-24-18/h4-5,8-9,11-12H,3,6-7,10H2,1-2H3,(H,22,23). The normalized spacial score (nSPS) is 13.5. The highest BCUT2D eigenvalue weighted by Gasteiger charge is 2.14. The third kappa shape index (κ3) is 3.25. The molecule has 2 heterocycles. The number of amides is 1. The predicted molar refractivity (Wildman–Crippen MR) is 100 cm³/mol. The fourth-order valence-corrected chi connectivity index (χ4v) is 3.09. The van der Waals surface area contributed by atoms with Gasteiger partial charge in [0.15, 0.2) is 11.5 Å². The molecule has 1 aliphatic heterocycles. The molecule has 4 rings (SSSR count). The first kappa shape index (κ1) is 16.5. The average molecular weight is 351 g/mol. The molecule has 0 atom stereocenters. The molecule has 1 N–H and O–H groups in total. The lowest BCUT2D eigenvalue weighted by Crippen LogP contribution is -2.14. The summed E-state index contributed by atoms with van der Waals surface area (Å²) in [5, 5.41) is 3.91. The van der Waals surface area contributed by atoms with E-state index in [1.807, 2.05) is 25.1 Å². The van der Waals surface area contributed by atoms with Crippen LogP contribution in [0.15, 0.2) is 41.0 Å². The first-order valence-electron chi connectivity index (χ1n) is 8.77. The number of aryl methyl sites for hydroxylation is 2. The molecular weight excluding hydrogens is 330 g/mol. The third-order valence-electron chi connectivity index (χ3n) is 4.65. The lowest BCUT2D eigenvalue weighted by atomic mass is 10.0. The van der Waals surface area contributed by atoms with Crippen LogP contribution in [-0.2, 0) is 11.2 Å². The summed E-state index contributed by atoms with van der Waals surface area (Å²) in [5.41, 5.74) is 4.75. The summed E-state index contributed by atoms with van der Waals surface area (Å²) >= 11 is 0. The molecule has 1 aliphatic rings. The predicted octanol–water partition coefficient (Wildman–Crippen LogP) is 4.39. The Morgan fingerprint density at radius 2 is 1.81 bits per heavy atom. The zero-order valence-corrected chi connectivity index (χ0v) is 14.9. The molecule has 1 aromatic heterocycles. The number of rotatable bonds is 3. The number of hydrogen-bond acceptors (Lipinski definition) is 4. The Kier molecular flexibility index (Phi) is 4.29. The fourth-order valence-electron chi connectivity index (χ4n) is 3.09. The van der Waals surface area contributed by atoms with Crippen LogP contribution < -0.4 is 14.8 Å². The Labute approximate surface area is 151 Å². The number of carbonyl (C=O) groups is 1. The van der Waals surface area contributed by atoms with Crippen LogP contribution in [0.3, 0.4) is 0 Å². The number of hydrogen-bond donors (Lipinski definition) is 1. The van der Waals surface area contributed by atoms with Gasteiger partial charge in [0.1, 0.15) is 5.58 Å². The van der Waals surface area contributed by atoms with Gasteiger partial charge in [0.05, 0.1) is 25.9 Å². The van der Waals surface area contributed by atoms with Crippen molar-refractivity contribution >= 4 is 22.6 Å². The van der Waals surface area contributed by atoms with E-state index in [0.29, 0.717) is 30.4 Å². The lowest BCUT2D eigenvalue weighted by Gasteiger charge is -2.10. The smallest absolute Gasteiger partial charge is 0.228 e. The number of fused-ring (bicyclic) bond motifs is 2. The van der Waals surface area contributed by atoms with Gasteiger partial charge in [-0.2, -0.15) is 0 Å². The molecule has 5 nitrogen and oxygen atoms in total. The van der Waals surface area contributed by atoms with E-state index in [4.69, 9.17) is 13.9 Å². The molecule has 0 unspecified atom stereocenters. The molecule has 0 saturated heterocycles. The Balaban J connectivity index is 1.51. The number of furan rings is 1. The monoisotopic (exact) mass is 351 g/mol. The van der Waals surface area contributed by atoms with E-state index < -0.39 is 0 Å². The first-order chi connectivity index (χ1) is 12.6. The summed E-state index contributed by atoms with van der Waals surface area (Å²) < 4.78 is 16.9. The van der Waals surface area contributed by atoms with E-state index in [-0.39, 0.29) is 12.3 Å². The second-order valence-electron chi connectivity index (χ2n) is 6.63. The van der Waals surface area contributed by atoms with Crippen LogP contribution in [0, 0.1) is 13.8 Å². The minimum atomic E-state index is -0.0968. The number of benzene rings is 2. The van der Waals surface area contributed by atoms with Gasteiger partial charge in [0.2, 0.25) is 5.91 Å². The van der Waals surface area contributed by atoms with E-state index in [0.717, 1.165) is 23.0 Å². The van der Waals surface area contributed by atoms with Gasteiger partial charge in [-0.15, -0.1) is 0 Å². The van der Waals surface area contributed by atoms with Crippen molar-refractivity contribution in [2.24, 2.45) is 0 Å². The summed E-state index contributed by atoms with van der Waals surface area (Å²) in [7, 11) is 0. The maximum atomic E-state index is 12.5. The molecule has 0 spiro atoms. The van der Waals surface area contributed by atoms with Crippen LogP contribution in [-0.4, -0.2) is 19.1 Å². The number of carbonyl (C=O) groups excluding carboxylic acids is 1. The zero-order chi connectivity index (χ0) is 18.1. The Morgan fingerprint density at radius 1 is 1.04 bits per heavy atom. The summed E-state index contributed by atoms with van der Waals surface area (Å²) in [6.45, 7) is 5.37. The molecule has 5 heteroatoms. The van der Waals surface area contributed by atoms with E-state index in [1.54, 1.807) is 12.3 Å². The van der Waals surface area contributed by atoms with Gasteiger partial charge in [-0.05, 0) is 49.2 Å². The van der Waals surface area contributed by atoms with Crippen molar-refractivity contribution in [1.29, 1.82) is 0 Å². The number of nitrogens with one attached hydrogen (secondary N) is 1. The molecule has 2 aromatic carbocycles. The zero-order valence-electron chi connectivity index (χ0n) is 14.9. The van der Waals surface area contributed by atoms with Crippen molar-refractivity contribution in [3.63, 3.8) is 0 Å². The van der Waals surface area contributed by atoms with Gasteiger partial charge in [-0.25, -0.2) is 0 Å². The van der Waals surface area contributed by atoms with Gasteiger partial charge < -0.3 is 19.2 Å². The van der Waals surface area contributed by atoms with E-state index in [2.05, 4.69) is 18.3 Å². The van der Waals surface area contributed by atoms with Gasteiger partial charge in [-0.3, -0.25) is 4.79 Å². The minimum absolute atomic E-state index is 0.0968. The third-order valence-corrected chi connectivity index (χ3v) is 4.65. The fraction of sp³-hybridized carbons (Fsp3) is 0.286. The highest BCUT2D eigenvalue weighted by Crippen LogP contribution is 2.32. The molecule has 0 radical (unpaired) electrons. The van der Waals surface area contributed by atoms with E-state index >= 15 is 0 Å². The maximum Gasteiger partial charge on any atom is 0.228 e. The summed E-state index contributed by atoms with van der Waals surface area (Å²) in [5.74, 6) is 1.28. The largest absolute Gasteiger partial charge is 0.490 e. The van der Waals surface area contributed by atoms with Crippen LogP contribution in [0.5, 0.6) is 11.5 Å². The molecule has 3 aromatic rings. The Morgan fingerprint density at radius 3 is 2.65 bits per heavy atom. The lowest BCUT2D eigenvalue weighted by molar-refractivity contribution is -0.115. The molecule has 26 heavy (non-hydrogen) atoms. The van der Waals surface area contributed by atoms with Gasteiger partial charge >= 0.3 is 0 Å². The molecule has 0 bridgehead atoms. The molecule has 0 aliphatic carbocycles. The quantitative estimate of drug-likeness (QED) is 0.760. The summed E-state index contributed by atoms with van der Waals surface area (Å²) in [6, 6.07) is 9.54. The van der Waals surface area contributed by atoms with Crippen LogP contribution in [0.1, 0.15) is 23.1 Å². The summed E-state index contributed by atoms with van der Waals surface area (Å²) in [6.07, 6.45) is 2.77. The van der Waals surface area contributed by atoms with Crippen molar-refractivity contribution in [1.82, 2.24) is 0 Å². The van der Waals surface area contributed by atoms with Crippen LogP contribution in [0.25, 0.3) is 11.0 Å². The highest BCUT2D eigenvalue weighted by molar-refractivity contribution is 5.95. The van der Waals surface area contributed by atoms with Gasteiger partial charge in [0, 0.05) is 29.1 Å². The Bertz CT molecular complexity index is 974. The second-order valence-corrected chi connectivity index (χ2v) is 6.63. The highest BCUT2D eigenvalue weighted by atomic mass is 16.5. The average Bonchev–Trinajstić information content (AvgIpc) is 2.84. The first-order valence-corrected chi connectivity index (χ1v) is 8.77. The van der Waals surface area contributed by atoms with Crippen molar-refractivity contribution in [3.8, 4) is 11.5 Å².